The summed E-state index contributed by atoms with van der Waals surface area (Å²) in [5, 5.41) is 5.69. The highest BCUT2D eigenvalue weighted by Gasteiger charge is 2.31. The number of rotatable bonds is 6. The molecule has 2 N–H and O–H groups in total. The number of nitrogens with one attached hydrogen (secondary N) is 2. The van der Waals surface area contributed by atoms with Crippen molar-refractivity contribution >= 4 is 17.5 Å². The Morgan fingerprint density at radius 1 is 1.18 bits per heavy atom. The molecule has 2 aliphatic rings. The maximum absolute atomic E-state index is 13.5. The van der Waals surface area contributed by atoms with Crippen LogP contribution in [0.1, 0.15) is 59.8 Å². The van der Waals surface area contributed by atoms with Crippen molar-refractivity contribution in [1.29, 1.82) is 0 Å². The maximum atomic E-state index is 13.5. The van der Waals surface area contributed by atoms with Crippen LogP contribution in [0.25, 0.3) is 0 Å². The minimum atomic E-state index is -0.439. The van der Waals surface area contributed by atoms with E-state index in [1.165, 1.54) is 11.6 Å². The van der Waals surface area contributed by atoms with Gasteiger partial charge in [0.2, 0.25) is 11.6 Å². The van der Waals surface area contributed by atoms with Crippen molar-refractivity contribution in [3.63, 3.8) is 0 Å². The molecule has 7 heteroatoms. The van der Waals surface area contributed by atoms with Crippen LogP contribution < -0.4 is 10.6 Å². The molecule has 0 spiro atoms. The van der Waals surface area contributed by atoms with Gasteiger partial charge in [-0.1, -0.05) is 49.8 Å². The van der Waals surface area contributed by atoms with Crippen molar-refractivity contribution in [2.75, 3.05) is 20.8 Å². The molecule has 38 heavy (non-hydrogen) atoms. The molecule has 7 nitrogen and oxygen atoms in total. The van der Waals surface area contributed by atoms with Crippen LogP contribution in [0.2, 0.25) is 0 Å². The third-order valence-electron chi connectivity index (χ3n) is 7.22. The van der Waals surface area contributed by atoms with Crippen molar-refractivity contribution in [3.8, 4) is 0 Å². The molecule has 4 unspecified atom stereocenters. The molecule has 1 amide bonds. The molecule has 1 aliphatic heterocycles. The molecule has 4 atom stereocenters. The van der Waals surface area contributed by atoms with Crippen molar-refractivity contribution in [2.24, 2.45) is 11.8 Å². The maximum Gasteiger partial charge on any atom is 0.251 e. The highest BCUT2D eigenvalue weighted by atomic mass is 16.5. The Morgan fingerprint density at radius 2 is 1.92 bits per heavy atom. The van der Waals surface area contributed by atoms with Gasteiger partial charge in [-0.25, -0.2) is 0 Å². The van der Waals surface area contributed by atoms with E-state index in [1.54, 1.807) is 39.4 Å². The monoisotopic (exact) mass is 524 g/mol. The predicted molar refractivity (Wildman–Crippen MR) is 151 cm³/mol. The molecule has 2 bridgehead atoms. The van der Waals surface area contributed by atoms with E-state index in [4.69, 9.17) is 9.47 Å². The summed E-state index contributed by atoms with van der Waals surface area (Å²) in [5.74, 6) is -0.848. The van der Waals surface area contributed by atoms with Crippen molar-refractivity contribution in [1.82, 2.24) is 10.6 Å². The van der Waals surface area contributed by atoms with Crippen LogP contribution in [-0.4, -0.2) is 50.4 Å². The van der Waals surface area contributed by atoms with Crippen LogP contribution in [0, 0.1) is 11.8 Å². The molecular weight excluding hydrogens is 480 g/mol. The highest BCUT2D eigenvalue weighted by Crippen LogP contribution is 2.28. The topological polar surface area (TPSA) is 93.7 Å². The van der Waals surface area contributed by atoms with Gasteiger partial charge in [0.25, 0.3) is 5.91 Å². The summed E-state index contributed by atoms with van der Waals surface area (Å²) in [6.07, 6.45) is 14.2. The normalized spacial score (nSPS) is 29.9. The first kappa shape index (κ1) is 31.2. The number of Topliss-reactive ketones (excluding diaryl/α,β-unsaturated/α-hetero) is 1. The number of amides is 1. The Labute approximate surface area is 227 Å². The van der Waals surface area contributed by atoms with Gasteiger partial charge in [0.05, 0.1) is 23.6 Å². The van der Waals surface area contributed by atoms with Crippen LogP contribution >= 0.6 is 0 Å². The van der Waals surface area contributed by atoms with Crippen LogP contribution in [0.4, 0.5) is 0 Å². The van der Waals surface area contributed by atoms with Crippen molar-refractivity contribution in [3.05, 3.63) is 71.1 Å². The molecule has 0 aromatic heterocycles. The highest BCUT2D eigenvalue weighted by molar-refractivity contribution is 6.23. The van der Waals surface area contributed by atoms with E-state index in [9.17, 15) is 14.4 Å². The second-order valence-electron chi connectivity index (χ2n) is 10.1. The first-order chi connectivity index (χ1) is 18.2. The SMILES string of the molecule is C=CCNC1=C2CC(C)CC(OC)CC/C=C(\C)C(CC)C(OC)/C=C\C=C(/C)C(=O)NC(=CC1=O)C2=O. The first-order valence-electron chi connectivity index (χ1n) is 13.4. The average molecular weight is 525 g/mol. The lowest BCUT2D eigenvalue weighted by molar-refractivity contribution is -0.120. The summed E-state index contributed by atoms with van der Waals surface area (Å²) in [6, 6.07) is 0. The number of ether oxygens (including phenoxy) is 2. The minimum absolute atomic E-state index is 0.00932. The number of allylic oxidation sites excluding steroid dienone is 5. The molecule has 2 rings (SSSR count). The van der Waals surface area contributed by atoms with Crippen molar-refractivity contribution in [2.45, 2.75) is 72.0 Å². The quantitative estimate of drug-likeness (QED) is 0.380. The zero-order valence-electron chi connectivity index (χ0n) is 23.8. The van der Waals surface area contributed by atoms with Gasteiger partial charge in [0.15, 0.2) is 0 Å². The summed E-state index contributed by atoms with van der Waals surface area (Å²) < 4.78 is 11.6. The van der Waals surface area contributed by atoms with E-state index < -0.39 is 5.91 Å². The lowest BCUT2D eigenvalue weighted by Gasteiger charge is -2.25. The molecule has 0 aromatic rings. The summed E-state index contributed by atoms with van der Waals surface area (Å²) in [6.45, 7) is 12.0. The lowest BCUT2D eigenvalue weighted by Crippen LogP contribution is -2.36. The zero-order chi connectivity index (χ0) is 28.2. The number of methoxy groups -OCH3 is 2. The Bertz CT molecular complexity index is 1050. The molecule has 208 valence electrons. The van der Waals surface area contributed by atoms with Gasteiger partial charge < -0.3 is 20.1 Å². The fraction of sp³-hybridized carbons (Fsp3) is 0.516. The number of ketones is 2. The smallest absolute Gasteiger partial charge is 0.251 e. The second kappa shape index (κ2) is 15.4. The summed E-state index contributed by atoms with van der Waals surface area (Å²) in [5.41, 5.74) is 2.31. The largest absolute Gasteiger partial charge is 0.381 e. The fourth-order valence-electron chi connectivity index (χ4n) is 5.01. The molecule has 0 saturated carbocycles. The van der Waals surface area contributed by atoms with Gasteiger partial charge >= 0.3 is 0 Å². The number of hydrogen-bond acceptors (Lipinski definition) is 6. The van der Waals surface area contributed by atoms with E-state index in [1.807, 2.05) is 6.08 Å². The second-order valence-corrected chi connectivity index (χ2v) is 10.1. The zero-order valence-corrected chi connectivity index (χ0v) is 23.8. The number of carbonyl (C=O) groups is 3. The van der Waals surface area contributed by atoms with Crippen LogP contribution in [0.5, 0.6) is 0 Å². The number of hydrogen-bond donors (Lipinski definition) is 2. The Kier molecular flexibility index (Phi) is 12.6. The summed E-state index contributed by atoms with van der Waals surface area (Å²) >= 11 is 0. The van der Waals surface area contributed by atoms with E-state index in [-0.39, 0.29) is 47.0 Å². The fourth-order valence-corrected chi connectivity index (χ4v) is 5.01. The van der Waals surface area contributed by atoms with Gasteiger partial charge in [-0.2, -0.15) is 0 Å². The Hall–Kier alpha value is -3.03. The molecule has 0 fully saturated rings. The van der Waals surface area contributed by atoms with Gasteiger partial charge in [0, 0.05) is 43.9 Å². The third kappa shape index (κ3) is 8.50. The van der Waals surface area contributed by atoms with Crippen LogP contribution in [-0.2, 0) is 23.9 Å². The van der Waals surface area contributed by atoms with Gasteiger partial charge in [-0.3, -0.25) is 14.4 Å². The Balaban J connectivity index is 2.49. The minimum Gasteiger partial charge on any atom is -0.381 e. The van der Waals surface area contributed by atoms with E-state index >= 15 is 0 Å². The molecular formula is C31H44N2O5. The van der Waals surface area contributed by atoms with Gasteiger partial charge in [-0.15, -0.1) is 6.58 Å². The van der Waals surface area contributed by atoms with E-state index in [0.717, 1.165) is 25.7 Å². The summed E-state index contributed by atoms with van der Waals surface area (Å²) in [4.78, 5) is 39.4. The predicted octanol–water partition coefficient (Wildman–Crippen LogP) is 4.88. The van der Waals surface area contributed by atoms with Gasteiger partial charge in [-0.05, 0) is 51.9 Å². The number of carbonyl (C=O) groups excluding carboxylic acids is 3. The third-order valence-corrected chi connectivity index (χ3v) is 7.22. The summed E-state index contributed by atoms with van der Waals surface area (Å²) in [7, 11) is 3.40. The van der Waals surface area contributed by atoms with Gasteiger partial charge in [0.1, 0.15) is 0 Å². The molecule has 0 aromatic carbocycles. The average Bonchev–Trinajstić information content (AvgIpc) is 2.89. The van der Waals surface area contributed by atoms with E-state index in [0.29, 0.717) is 24.1 Å². The standard InChI is InChI=1S/C31H44N2O5/c1-8-16-32-29-25-18-20(3)17-23(37-6)14-10-12-21(4)24(9-2)28(38-7)15-11-13-22(5)31(36)33-26(30(25)35)19-27(29)34/h8,11-13,15,19-20,23-24,28,32H,1,9-10,14,16-18H2,2-7H3,(H,33,36)/b15-11-,21-12+,22-13+. The Morgan fingerprint density at radius 3 is 2.55 bits per heavy atom. The molecule has 1 heterocycles. The van der Waals surface area contributed by atoms with Crippen LogP contribution in [0.15, 0.2) is 71.1 Å². The van der Waals surface area contributed by atoms with Crippen molar-refractivity contribution < 1.29 is 23.9 Å². The van der Waals surface area contributed by atoms with E-state index in [2.05, 4.69) is 44.1 Å². The molecule has 1 aliphatic carbocycles. The number of fused-ring (bicyclic) bond motifs is 2. The molecule has 0 saturated heterocycles. The van der Waals surface area contributed by atoms with Crippen LogP contribution in [0.3, 0.4) is 0 Å². The lowest BCUT2D eigenvalue weighted by atomic mass is 9.86. The molecule has 0 radical (unpaired) electrons. The first-order valence-corrected chi connectivity index (χ1v) is 13.4.